The van der Waals surface area contributed by atoms with E-state index in [0.717, 1.165) is 16.5 Å². The molecule has 0 unspecified atom stereocenters. The molecule has 0 saturated heterocycles. The van der Waals surface area contributed by atoms with Gasteiger partial charge in [0, 0.05) is 22.2 Å². The van der Waals surface area contributed by atoms with Crippen LogP contribution < -0.4 is 11.2 Å². The van der Waals surface area contributed by atoms with E-state index in [9.17, 15) is 4.79 Å². The van der Waals surface area contributed by atoms with Gasteiger partial charge in [0.05, 0.1) is 17.0 Å². The van der Waals surface area contributed by atoms with Gasteiger partial charge in [0.2, 0.25) is 11.1 Å². The average molecular weight is 411 g/mol. The molecule has 9 heteroatoms. The van der Waals surface area contributed by atoms with Crippen molar-refractivity contribution in [3.63, 3.8) is 0 Å². The van der Waals surface area contributed by atoms with Crippen molar-refractivity contribution < 1.29 is 4.79 Å². The van der Waals surface area contributed by atoms with Crippen LogP contribution in [0.1, 0.15) is 0 Å². The second kappa shape index (κ2) is 7.87. The number of thioether (sulfide) groups is 1. The quantitative estimate of drug-likeness (QED) is 0.385. The highest BCUT2D eigenvalue weighted by molar-refractivity contribution is 7.99. The highest BCUT2D eigenvalue weighted by Crippen LogP contribution is 2.24. The normalized spacial score (nSPS) is 10.9. The van der Waals surface area contributed by atoms with Gasteiger partial charge in [-0.15, -0.1) is 10.2 Å². The van der Waals surface area contributed by atoms with Crippen molar-refractivity contribution in [2.75, 3.05) is 16.9 Å². The van der Waals surface area contributed by atoms with Crippen LogP contribution in [0.25, 0.3) is 22.3 Å². The van der Waals surface area contributed by atoms with Crippen LogP contribution in [-0.2, 0) is 4.79 Å². The summed E-state index contributed by atoms with van der Waals surface area (Å²) in [6, 6.07) is 16.5. The van der Waals surface area contributed by atoms with Crippen molar-refractivity contribution in [2.24, 2.45) is 0 Å². The van der Waals surface area contributed by atoms with Crippen molar-refractivity contribution in [2.45, 2.75) is 5.16 Å². The number of halogens is 1. The van der Waals surface area contributed by atoms with E-state index in [4.69, 9.17) is 17.4 Å². The zero-order chi connectivity index (χ0) is 19.5. The Morgan fingerprint density at radius 2 is 1.93 bits per heavy atom. The number of nitrogens with zero attached hydrogens (tertiary/aromatic N) is 4. The summed E-state index contributed by atoms with van der Waals surface area (Å²) in [5.41, 5.74) is 2.33. The third-order valence-corrected chi connectivity index (χ3v) is 5.21. The molecule has 0 saturated carbocycles. The first-order valence-electron chi connectivity index (χ1n) is 8.34. The summed E-state index contributed by atoms with van der Waals surface area (Å²) in [5, 5.41) is 13.0. The van der Waals surface area contributed by atoms with E-state index in [1.165, 1.54) is 16.4 Å². The average Bonchev–Trinajstić information content (AvgIpc) is 3.08. The first-order chi connectivity index (χ1) is 13.6. The van der Waals surface area contributed by atoms with Gasteiger partial charge in [0.25, 0.3) is 0 Å². The molecule has 0 aliphatic rings. The number of nitrogen functional groups attached to an aromatic ring is 1. The Labute approximate surface area is 169 Å². The monoisotopic (exact) mass is 410 g/mol. The van der Waals surface area contributed by atoms with Gasteiger partial charge in [-0.1, -0.05) is 29.4 Å². The number of nitrogens with two attached hydrogens (primary N) is 1. The highest BCUT2D eigenvalue weighted by Gasteiger charge is 2.14. The molecule has 3 N–H and O–H groups in total. The lowest BCUT2D eigenvalue weighted by atomic mass is 10.2. The maximum absolute atomic E-state index is 12.4. The van der Waals surface area contributed by atoms with Crippen molar-refractivity contribution in [3.8, 4) is 11.4 Å². The van der Waals surface area contributed by atoms with E-state index in [1.54, 1.807) is 18.3 Å². The lowest BCUT2D eigenvalue weighted by molar-refractivity contribution is -0.113. The molecule has 2 aromatic heterocycles. The molecule has 1 amide bonds. The van der Waals surface area contributed by atoms with E-state index in [2.05, 4.69) is 20.5 Å². The molecule has 0 atom stereocenters. The molecule has 0 fully saturated rings. The van der Waals surface area contributed by atoms with E-state index >= 15 is 0 Å². The summed E-state index contributed by atoms with van der Waals surface area (Å²) in [4.78, 5) is 16.7. The molecule has 0 aliphatic carbocycles. The van der Waals surface area contributed by atoms with E-state index in [-0.39, 0.29) is 11.7 Å². The number of aromatic nitrogens is 4. The molecule has 2 aromatic carbocycles. The smallest absolute Gasteiger partial charge is 0.234 e. The number of nitrogens with one attached hydrogen (secondary N) is 1. The Kier molecular flexibility index (Phi) is 5.14. The second-order valence-electron chi connectivity index (χ2n) is 5.90. The molecule has 0 bridgehead atoms. The third kappa shape index (κ3) is 3.78. The standard InChI is InChI=1S/C19H15ClN6OS/c20-13-8-6-12(7-9-13)18-24-25-19(26(18)21)28-11-17(27)23-16-5-1-4-15-14(16)3-2-10-22-15/h1-10H,11,21H2,(H,23,27). The van der Waals surface area contributed by atoms with Gasteiger partial charge < -0.3 is 11.2 Å². The fraction of sp³-hybridized carbons (Fsp3) is 0.0526. The minimum absolute atomic E-state index is 0.145. The first kappa shape index (κ1) is 18.3. The van der Waals surface area contributed by atoms with Crippen molar-refractivity contribution in [3.05, 3.63) is 65.8 Å². The number of hydrogen-bond donors (Lipinski definition) is 2. The third-order valence-electron chi connectivity index (χ3n) is 4.02. The molecule has 0 spiro atoms. The van der Waals surface area contributed by atoms with Crippen LogP contribution in [-0.4, -0.2) is 31.5 Å². The van der Waals surface area contributed by atoms with Crippen molar-refractivity contribution in [1.82, 2.24) is 19.9 Å². The number of amides is 1. The van der Waals surface area contributed by atoms with Gasteiger partial charge in [-0.3, -0.25) is 9.78 Å². The van der Waals surface area contributed by atoms with E-state index in [0.29, 0.717) is 21.7 Å². The zero-order valence-corrected chi connectivity index (χ0v) is 16.1. The number of carbonyl (C=O) groups excluding carboxylic acids is 1. The van der Waals surface area contributed by atoms with Crippen molar-refractivity contribution in [1.29, 1.82) is 0 Å². The molecule has 140 valence electrons. The number of pyridine rings is 1. The van der Waals surface area contributed by atoms with Gasteiger partial charge in [-0.05, 0) is 48.5 Å². The minimum Gasteiger partial charge on any atom is -0.335 e. The summed E-state index contributed by atoms with van der Waals surface area (Å²) >= 11 is 7.11. The SMILES string of the molecule is Nn1c(SCC(=O)Nc2cccc3ncccc23)nnc1-c1ccc(Cl)cc1. The molecule has 2 heterocycles. The summed E-state index contributed by atoms with van der Waals surface area (Å²) in [5.74, 6) is 6.56. The van der Waals surface area contributed by atoms with Gasteiger partial charge in [0.15, 0.2) is 5.82 Å². The summed E-state index contributed by atoms with van der Waals surface area (Å²) < 4.78 is 1.36. The molecule has 28 heavy (non-hydrogen) atoms. The van der Waals surface area contributed by atoms with Crippen molar-refractivity contribution >= 4 is 45.9 Å². The van der Waals surface area contributed by atoms with Crippen LogP contribution in [0.3, 0.4) is 0 Å². The van der Waals surface area contributed by atoms with Crippen LogP contribution in [0, 0.1) is 0 Å². The number of carbonyl (C=O) groups is 1. The Balaban J connectivity index is 1.44. The van der Waals surface area contributed by atoms with Crippen LogP contribution in [0.15, 0.2) is 66.0 Å². The Hall–Kier alpha value is -3.10. The van der Waals surface area contributed by atoms with Gasteiger partial charge in [-0.25, -0.2) is 4.68 Å². The number of hydrogen-bond acceptors (Lipinski definition) is 6. The largest absolute Gasteiger partial charge is 0.335 e. The maximum atomic E-state index is 12.4. The molecule has 4 aromatic rings. The molecular formula is C19H15ClN6OS. The lowest BCUT2D eigenvalue weighted by Crippen LogP contribution is -2.16. The summed E-state index contributed by atoms with van der Waals surface area (Å²) in [6.07, 6.45) is 1.72. The Morgan fingerprint density at radius 1 is 1.11 bits per heavy atom. The van der Waals surface area contributed by atoms with E-state index in [1.807, 2.05) is 42.5 Å². The fourth-order valence-electron chi connectivity index (χ4n) is 2.70. The summed E-state index contributed by atoms with van der Waals surface area (Å²) in [7, 11) is 0. The number of rotatable bonds is 5. The lowest BCUT2D eigenvalue weighted by Gasteiger charge is -2.08. The van der Waals surface area contributed by atoms with Crippen LogP contribution >= 0.6 is 23.4 Å². The molecule has 4 rings (SSSR count). The van der Waals surface area contributed by atoms with Crippen LogP contribution in [0.4, 0.5) is 5.69 Å². The Bertz CT molecular complexity index is 1140. The number of benzene rings is 2. The molecular weight excluding hydrogens is 396 g/mol. The summed E-state index contributed by atoms with van der Waals surface area (Å²) in [6.45, 7) is 0. The number of anilines is 1. The number of fused-ring (bicyclic) bond motifs is 1. The maximum Gasteiger partial charge on any atom is 0.234 e. The highest BCUT2D eigenvalue weighted by atomic mass is 35.5. The molecule has 7 nitrogen and oxygen atoms in total. The van der Waals surface area contributed by atoms with Gasteiger partial charge in [-0.2, -0.15) is 0 Å². The topological polar surface area (TPSA) is 98.7 Å². The first-order valence-corrected chi connectivity index (χ1v) is 9.71. The Morgan fingerprint density at radius 3 is 2.75 bits per heavy atom. The molecule has 0 radical (unpaired) electrons. The van der Waals surface area contributed by atoms with Crippen LogP contribution in [0.5, 0.6) is 0 Å². The van der Waals surface area contributed by atoms with Crippen LogP contribution in [0.2, 0.25) is 5.02 Å². The minimum atomic E-state index is -0.169. The molecule has 0 aliphatic heterocycles. The second-order valence-corrected chi connectivity index (χ2v) is 7.27. The van der Waals surface area contributed by atoms with Gasteiger partial charge >= 0.3 is 0 Å². The predicted molar refractivity (Wildman–Crippen MR) is 112 cm³/mol. The fourth-order valence-corrected chi connectivity index (χ4v) is 3.48. The van der Waals surface area contributed by atoms with Gasteiger partial charge in [0.1, 0.15) is 0 Å². The van der Waals surface area contributed by atoms with E-state index < -0.39 is 0 Å². The predicted octanol–water partition coefficient (Wildman–Crippen LogP) is 3.59. The zero-order valence-electron chi connectivity index (χ0n) is 14.5.